The normalized spacial score (nSPS) is 21.6. The molecule has 1 aliphatic heterocycles. The lowest BCUT2D eigenvalue weighted by atomic mass is 10.2. The second-order valence-corrected chi connectivity index (χ2v) is 7.69. The molecule has 6 heteroatoms. The molecule has 0 amide bonds. The minimum atomic E-state index is -3.23. The minimum absolute atomic E-state index is 0.102. The molecule has 19 heavy (non-hydrogen) atoms. The zero-order chi connectivity index (χ0) is 13.7. The molecule has 0 bridgehead atoms. The van der Waals surface area contributed by atoms with Crippen molar-refractivity contribution in [2.75, 3.05) is 12.4 Å². The number of sulfonamides is 1. The maximum atomic E-state index is 12.1. The van der Waals surface area contributed by atoms with Crippen molar-refractivity contribution >= 4 is 21.4 Å². The van der Waals surface area contributed by atoms with E-state index < -0.39 is 10.0 Å². The van der Waals surface area contributed by atoms with E-state index in [-0.39, 0.29) is 17.9 Å². The van der Waals surface area contributed by atoms with Gasteiger partial charge in [0.15, 0.2) is 0 Å². The Kier molecular flexibility index (Phi) is 5.38. The molecule has 1 aromatic heterocycles. The second kappa shape index (κ2) is 6.83. The first kappa shape index (κ1) is 15.0. The molecule has 108 valence electrons. The van der Waals surface area contributed by atoms with Gasteiger partial charge in [0.1, 0.15) is 0 Å². The van der Waals surface area contributed by atoms with Gasteiger partial charge >= 0.3 is 0 Å². The van der Waals surface area contributed by atoms with Crippen molar-refractivity contribution in [3.8, 4) is 0 Å². The third-order valence-electron chi connectivity index (χ3n) is 3.35. The molecule has 0 radical (unpaired) electrons. The van der Waals surface area contributed by atoms with Crippen molar-refractivity contribution in [2.45, 2.75) is 44.8 Å². The maximum absolute atomic E-state index is 12.1. The van der Waals surface area contributed by atoms with E-state index in [1.807, 2.05) is 24.4 Å². The highest BCUT2D eigenvalue weighted by Crippen LogP contribution is 2.23. The average Bonchev–Trinajstić information content (AvgIpc) is 3.06. The lowest BCUT2D eigenvalue weighted by molar-refractivity contribution is 0.108. The van der Waals surface area contributed by atoms with Crippen LogP contribution in [0.2, 0.25) is 0 Å². The van der Waals surface area contributed by atoms with Crippen LogP contribution in [0.25, 0.3) is 0 Å². The predicted octanol–water partition coefficient (Wildman–Crippen LogP) is 2.69. The Hall–Kier alpha value is -0.430. The van der Waals surface area contributed by atoms with Crippen molar-refractivity contribution in [3.63, 3.8) is 0 Å². The van der Waals surface area contributed by atoms with E-state index in [2.05, 4.69) is 4.72 Å². The fraction of sp³-hybridized carbons (Fsp3) is 0.692. The van der Waals surface area contributed by atoms with Gasteiger partial charge in [-0.25, -0.2) is 13.1 Å². The van der Waals surface area contributed by atoms with Crippen molar-refractivity contribution < 1.29 is 13.2 Å². The van der Waals surface area contributed by atoms with Crippen LogP contribution in [0.15, 0.2) is 17.5 Å². The Labute approximate surface area is 119 Å². The van der Waals surface area contributed by atoms with Gasteiger partial charge in [-0.15, -0.1) is 11.3 Å². The largest absolute Gasteiger partial charge is 0.378 e. The third kappa shape index (κ3) is 4.56. The number of ether oxygens (including phenoxy) is 1. The molecule has 2 heterocycles. The van der Waals surface area contributed by atoms with Gasteiger partial charge < -0.3 is 4.74 Å². The van der Waals surface area contributed by atoms with E-state index in [9.17, 15) is 8.42 Å². The van der Waals surface area contributed by atoms with Crippen LogP contribution in [0.3, 0.4) is 0 Å². The van der Waals surface area contributed by atoms with Crippen LogP contribution in [0.5, 0.6) is 0 Å². The fourth-order valence-corrected chi connectivity index (χ4v) is 4.62. The number of thiophene rings is 1. The van der Waals surface area contributed by atoms with Crippen LogP contribution in [0.4, 0.5) is 0 Å². The summed E-state index contributed by atoms with van der Waals surface area (Å²) < 4.78 is 32.4. The van der Waals surface area contributed by atoms with Gasteiger partial charge in [0.25, 0.3) is 0 Å². The van der Waals surface area contributed by atoms with Crippen LogP contribution >= 0.6 is 11.3 Å². The highest BCUT2D eigenvalue weighted by atomic mass is 32.2. The van der Waals surface area contributed by atoms with E-state index in [1.54, 1.807) is 11.3 Å². The first-order chi connectivity index (χ1) is 9.11. The fourth-order valence-electron chi connectivity index (χ4n) is 2.27. The zero-order valence-corrected chi connectivity index (χ0v) is 12.8. The number of hydrogen-bond donors (Lipinski definition) is 1. The van der Waals surface area contributed by atoms with Crippen LogP contribution < -0.4 is 4.72 Å². The SMILES string of the molecule is CCC(NS(=O)(=O)CCC1CCCO1)c1cccs1. The van der Waals surface area contributed by atoms with Gasteiger partial charge in [-0.3, -0.25) is 0 Å². The molecule has 2 unspecified atom stereocenters. The summed E-state index contributed by atoms with van der Waals surface area (Å²) in [6, 6.07) is 3.82. The third-order valence-corrected chi connectivity index (χ3v) is 5.75. The van der Waals surface area contributed by atoms with E-state index in [1.165, 1.54) is 0 Å². The Bertz CT molecular complexity index is 464. The van der Waals surface area contributed by atoms with E-state index >= 15 is 0 Å². The van der Waals surface area contributed by atoms with Crippen molar-refractivity contribution in [1.29, 1.82) is 0 Å². The van der Waals surface area contributed by atoms with Crippen LogP contribution in [-0.2, 0) is 14.8 Å². The highest BCUT2D eigenvalue weighted by molar-refractivity contribution is 7.89. The summed E-state index contributed by atoms with van der Waals surface area (Å²) in [5.41, 5.74) is 0. The first-order valence-corrected chi connectivity index (χ1v) is 9.29. The highest BCUT2D eigenvalue weighted by Gasteiger charge is 2.22. The molecule has 1 aromatic rings. The lowest BCUT2D eigenvalue weighted by Crippen LogP contribution is -2.31. The van der Waals surface area contributed by atoms with Gasteiger partial charge in [0, 0.05) is 11.5 Å². The predicted molar refractivity (Wildman–Crippen MR) is 77.9 cm³/mol. The quantitative estimate of drug-likeness (QED) is 0.842. The molecule has 0 aromatic carbocycles. The minimum Gasteiger partial charge on any atom is -0.378 e. The molecule has 1 aliphatic rings. The Morgan fingerprint density at radius 1 is 1.58 bits per heavy atom. The van der Waals surface area contributed by atoms with Gasteiger partial charge in [0.2, 0.25) is 10.0 Å². The van der Waals surface area contributed by atoms with Gasteiger partial charge in [0.05, 0.1) is 17.9 Å². The maximum Gasteiger partial charge on any atom is 0.212 e. The number of rotatable bonds is 7. The molecular weight excluding hydrogens is 282 g/mol. The topological polar surface area (TPSA) is 55.4 Å². The van der Waals surface area contributed by atoms with Crippen LogP contribution in [0, 0.1) is 0 Å². The van der Waals surface area contributed by atoms with E-state index in [0.29, 0.717) is 6.42 Å². The molecule has 0 aliphatic carbocycles. The summed E-state index contributed by atoms with van der Waals surface area (Å²) in [6.07, 6.45) is 3.51. The summed E-state index contributed by atoms with van der Waals surface area (Å²) >= 11 is 1.59. The summed E-state index contributed by atoms with van der Waals surface area (Å²) in [6.45, 7) is 2.76. The van der Waals surface area contributed by atoms with Crippen LogP contribution in [0.1, 0.15) is 43.5 Å². The average molecular weight is 303 g/mol. The van der Waals surface area contributed by atoms with E-state index in [4.69, 9.17) is 4.74 Å². The molecule has 1 saturated heterocycles. The second-order valence-electron chi connectivity index (χ2n) is 4.84. The monoisotopic (exact) mass is 303 g/mol. The van der Waals surface area contributed by atoms with E-state index in [0.717, 1.165) is 30.7 Å². The van der Waals surface area contributed by atoms with Gasteiger partial charge in [-0.05, 0) is 37.1 Å². The molecular formula is C13H21NO3S2. The Balaban J connectivity index is 1.88. The van der Waals surface area contributed by atoms with Gasteiger partial charge in [-0.1, -0.05) is 13.0 Å². The summed E-state index contributed by atoms with van der Waals surface area (Å²) in [7, 11) is -3.23. The van der Waals surface area contributed by atoms with Crippen molar-refractivity contribution in [2.24, 2.45) is 0 Å². The molecule has 2 rings (SSSR count). The molecule has 1 N–H and O–H groups in total. The molecule has 4 nitrogen and oxygen atoms in total. The standard InChI is InChI=1S/C13H21NO3S2/c1-2-12(13-6-4-9-18-13)14-19(15,16)10-7-11-5-3-8-17-11/h4,6,9,11-12,14H,2-3,5,7-8,10H2,1H3. The molecule has 0 saturated carbocycles. The smallest absolute Gasteiger partial charge is 0.212 e. The first-order valence-electron chi connectivity index (χ1n) is 6.75. The summed E-state index contributed by atoms with van der Waals surface area (Å²) in [4.78, 5) is 1.07. The van der Waals surface area contributed by atoms with Crippen LogP contribution in [-0.4, -0.2) is 26.9 Å². The Morgan fingerprint density at radius 3 is 3.00 bits per heavy atom. The number of nitrogens with one attached hydrogen (secondary N) is 1. The van der Waals surface area contributed by atoms with Crippen molar-refractivity contribution in [1.82, 2.24) is 4.72 Å². The summed E-state index contributed by atoms with van der Waals surface area (Å²) in [5.74, 6) is 0.152. The molecule has 0 spiro atoms. The molecule has 2 atom stereocenters. The van der Waals surface area contributed by atoms with Crippen molar-refractivity contribution in [3.05, 3.63) is 22.4 Å². The summed E-state index contributed by atoms with van der Waals surface area (Å²) in [5, 5.41) is 1.97. The molecule has 1 fully saturated rings. The number of hydrogen-bond acceptors (Lipinski definition) is 4. The lowest BCUT2D eigenvalue weighted by Gasteiger charge is -2.16. The Morgan fingerprint density at radius 2 is 2.42 bits per heavy atom. The zero-order valence-electron chi connectivity index (χ0n) is 11.2. The van der Waals surface area contributed by atoms with Gasteiger partial charge in [-0.2, -0.15) is 0 Å².